The number of hydrogen-bond acceptors (Lipinski definition) is 8. The van der Waals surface area contributed by atoms with Crippen molar-refractivity contribution in [1.29, 1.82) is 0 Å². The van der Waals surface area contributed by atoms with Gasteiger partial charge in [0, 0.05) is 11.8 Å². The van der Waals surface area contributed by atoms with Crippen LogP contribution in [0.2, 0.25) is 0 Å². The number of carbonyl (C=O) groups excluding carboxylic acids is 2. The highest BCUT2D eigenvalue weighted by molar-refractivity contribution is 7.85. The molecule has 39 heavy (non-hydrogen) atoms. The molecular weight excluding hydrogens is 559 g/mol. The zero-order valence-corrected chi connectivity index (χ0v) is 23.4. The van der Waals surface area contributed by atoms with Crippen molar-refractivity contribution < 1.29 is 27.3 Å². The maximum Gasteiger partial charge on any atom is 0.407 e. The Labute approximate surface area is 234 Å². The molecule has 0 aliphatic heterocycles. The molecule has 4 rings (SSSR count). The average molecular weight is 586 g/mol. The molecule has 0 saturated heterocycles. The molecule has 0 saturated carbocycles. The highest BCUT2D eigenvalue weighted by Gasteiger charge is 2.26. The monoisotopic (exact) mass is 585 g/mol. The smallest absolute Gasteiger partial charge is 0.407 e. The molecule has 0 bridgehead atoms. The van der Waals surface area contributed by atoms with Gasteiger partial charge in [-0.15, -0.1) is 22.7 Å². The summed E-state index contributed by atoms with van der Waals surface area (Å²) in [5.41, 5.74) is 2.80. The molecule has 0 radical (unpaired) electrons. The van der Waals surface area contributed by atoms with Crippen LogP contribution in [0, 0.1) is 0 Å². The Bertz CT molecular complexity index is 1490. The first kappa shape index (κ1) is 28.4. The summed E-state index contributed by atoms with van der Waals surface area (Å²) >= 11 is 3.04. The van der Waals surface area contributed by atoms with Gasteiger partial charge in [0.05, 0.1) is 23.7 Å². The summed E-state index contributed by atoms with van der Waals surface area (Å²) < 4.78 is 36.3. The number of carbonyl (C=O) groups is 2. The van der Waals surface area contributed by atoms with Gasteiger partial charge in [0.1, 0.15) is 16.8 Å². The number of benzene rings is 2. The first-order valence-corrected chi connectivity index (χ1v) is 15.3. The molecule has 2 atom stereocenters. The maximum atomic E-state index is 13.5. The fourth-order valence-electron chi connectivity index (χ4n) is 3.94. The van der Waals surface area contributed by atoms with E-state index in [9.17, 15) is 18.0 Å². The number of nitrogens with zero attached hydrogens (tertiary/aromatic N) is 1. The van der Waals surface area contributed by atoms with E-state index in [0.717, 1.165) is 21.0 Å². The molecule has 2 aromatic carbocycles. The van der Waals surface area contributed by atoms with Crippen LogP contribution in [0.1, 0.15) is 28.4 Å². The molecule has 2 amide bonds. The number of thiazole rings is 1. The molecule has 0 aliphatic rings. The van der Waals surface area contributed by atoms with Gasteiger partial charge in [-0.25, -0.2) is 9.78 Å². The number of hydrogen-bond donors (Lipinski definition) is 3. The van der Waals surface area contributed by atoms with Gasteiger partial charge in [-0.05, 0) is 34.6 Å². The van der Waals surface area contributed by atoms with Gasteiger partial charge in [-0.2, -0.15) is 8.42 Å². The van der Waals surface area contributed by atoms with Gasteiger partial charge in [0.25, 0.3) is 10.1 Å². The molecule has 0 aliphatic carbocycles. The van der Waals surface area contributed by atoms with E-state index in [2.05, 4.69) is 10.6 Å². The summed E-state index contributed by atoms with van der Waals surface area (Å²) in [7, 11) is -2.91. The summed E-state index contributed by atoms with van der Waals surface area (Å²) in [5, 5.41) is 10.4. The van der Waals surface area contributed by atoms with Crippen molar-refractivity contribution in [2.75, 3.05) is 7.11 Å². The lowest BCUT2D eigenvalue weighted by Crippen LogP contribution is -2.49. The van der Waals surface area contributed by atoms with E-state index < -0.39 is 40.0 Å². The lowest BCUT2D eigenvalue weighted by atomic mass is 10.0. The van der Waals surface area contributed by atoms with E-state index in [-0.39, 0.29) is 6.42 Å². The normalized spacial score (nSPS) is 12.9. The Balaban J connectivity index is 1.59. The number of nitrogens with one attached hydrogen (secondary N) is 2. The third-order valence-corrected chi connectivity index (χ3v) is 8.41. The fraction of sp³-hybridized carbons (Fsp3) is 0.222. The fourth-order valence-corrected chi connectivity index (χ4v) is 6.24. The molecular formula is C27H27N3O6S3. The van der Waals surface area contributed by atoms with Gasteiger partial charge >= 0.3 is 6.09 Å². The molecule has 12 heteroatoms. The van der Waals surface area contributed by atoms with E-state index in [4.69, 9.17) is 14.3 Å². The second kappa shape index (κ2) is 13.0. The molecule has 3 N–H and O–H groups in total. The van der Waals surface area contributed by atoms with Gasteiger partial charge in [0.2, 0.25) is 5.91 Å². The predicted octanol–water partition coefficient (Wildman–Crippen LogP) is 4.63. The van der Waals surface area contributed by atoms with E-state index in [1.807, 2.05) is 53.2 Å². The molecule has 2 heterocycles. The van der Waals surface area contributed by atoms with Crippen molar-refractivity contribution in [3.05, 3.63) is 99.9 Å². The maximum absolute atomic E-state index is 13.5. The minimum atomic E-state index is -4.15. The zero-order valence-electron chi connectivity index (χ0n) is 20.9. The standard InChI is InChI=1S/C27H27N3O6S3/c1-36-27(32)30-22(15-18-6-3-2-4-7-18)25(31)28-21(23-16-38-26(29-23)24-8-5-13-37-24)14-19-9-11-20(12-10-19)17-39(33,34)35/h2-13,16,21-22H,14-15,17H2,1H3,(H,28,31)(H,30,32)(H,33,34,35)/t21-,22-/m0/s1. The van der Waals surface area contributed by atoms with E-state index in [1.165, 1.54) is 18.4 Å². The molecule has 4 aromatic rings. The molecule has 9 nitrogen and oxygen atoms in total. The van der Waals surface area contributed by atoms with Crippen LogP contribution in [0.5, 0.6) is 0 Å². The number of amides is 2. The lowest BCUT2D eigenvalue weighted by molar-refractivity contribution is -0.123. The van der Waals surface area contributed by atoms with Crippen LogP contribution in [0.3, 0.4) is 0 Å². The molecule has 2 aromatic heterocycles. The first-order chi connectivity index (χ1) is 18.7. The summed E-state index contributed by atoms with van der Waals surface area (Å²) in [6.07, 6.45) is -0.0938. The van der Waals surface area contributed by atoms with E-state index in [1.54, 1.807) is 35.6 Å². The quantitative estimate of drug-likeness (QED) is 0.219. The summed E-state index contributed by atoms with van der Waals surface area (Å²) in [6, 6.07) is 18.6. The second-order valence-corrected chi connectivity index (χ2v) is 12.0. The van der Waals surface area contributed by atoms with Crippen molar-refractivity contribution in [3.63, 3.8) is 0 Å². The summed E-state index contributed by atoms with van der Waals surface area (Å²) in [5.74, 6) is -0.882. The third-order valence-electron chi connectivity index (χ3n) is 5.82. The SMILES string of the molecule is COC(=O)N[C@@H](Cc1ccccc1)C(=O)N[C@@H](Cc1ccc(CS(=O)(=O)O)cc1)c1csc(-c2cccs2)n1. The van der Waals surface area contributed by atoms with Crippen LogP contribution in [0.15, 0.2) is 77.5 Å². The number of ether oxygens (including phenoxy) is 1. The zero-order chi connectivity index (χ0) is 27.8. The van der Waals surface area contributed by atoms with E-state index >= 15 is 0 Å². The number of aromatic nitrogens is 1. The first-order valence-electron chi connectivity index (χ1n) is 11.9. The Morgan fingerprint density at radius 3 is 2.26 bits per heavy atom. The van der Waals surface area contributed by atoms with E-state index in [0.29, 0.717) is 17.7 Å². The Morgan fingerprint density at radius 1 is 0.923 bits per heavy atom. The number of alkyl carbamates (subject to hydrolysis) is 1. The molecule has 0 unspecified atom stereocenters. The van der Waals surface area contributed by atoms with Crippen molar-refractivity contribution in [2.45, 2.75) is 30.7 Å². The number of methoxy groups -OCH3 is 1. The van der Waals surface area contributed by atoms with Gasteiger partial charge < -0.3 is 15.4 Å². The van der Waals surface area contributed by atoms with Crippen LogP contribution in [-0.2, 0) is 38.2 Å². The van der Waals surface area contributed by atoms with Crippen LogP contribution in [0.4, 0.5) is 4.79 Å². The lowest BCUT2D eigenvalue weighted by Gasteiger charge is -2.23. The van der Waals surface area contributed by atoms with Crippen molar-refractivity contribution in [1.82, 2.24) is 15.6 Å². The topological polar surface area (TPSA) is 135 Å². The Hall–Kier alpha value is -3.58. The molecule has 204 valence electrons. The second-order valence-electron chi connectivity index (χ2n) is 8.74. The third kappa shape index (κ3) is 8.45. The minimum Gasteiger partial charge on any atom is -0.453 e. The van der Waals surface area contributed by atoms with Crippen LogP contribution in [-0.4, -0.2) is 43.1 Å². The molecule has 0 fully saturated rings. The Morgan fingerprint density at radius 2 is 1.62 bits per heavy atom. The van der Waals surface area contributed by atoms with Crippen LogP contribution >= 0.6 is 22.7 Å². The van der Waals surface area contributed by atoms with Crippen molar-refractivity contribution in [2.24, 2.45) is 0 Å². The van der Waals surface area contributed by atoms with Crippen molar-refractivity contribution >= 4 is 44.8 Å². The van der Waals surface area contributed by atoms with Gasteiger partial charge in [-0.3, -0.25) is 9.35 Å². The molecule has 0 spiro atoms. The largest absolute Gasteiger partial charge is 0.453 e. The highest BCUT2D eigenvalue weighted by atomic mass is 32.2. The number of thiophene rings is 1. The number of rotatable bonds is 11. The summed E-state index contributed by atoms with van der Waals surface area (Å²) in [4.78, 5) is 31.4. The van der Waals surface area contributed by atoms with Crippen LogP contribution in [0.25, 0.3) is 9.88 Å². The predicted molar refractivity (Wildman–Crippen MR) is 151 cm³/mol. The Kier molecular flexibility index (Phi) is 9.46. The minimum absolute atomic E-state index is 0.260. The average Bonchev–Trinajstić information content (AvgIpc) is 3.61. The highest BCUT2D eigenvalue weighted by Crippen LogP contribution is 2.31. The van der Waals surface area contributed by atoms with Crippen molar-refractivity contribution in [3.8, 4) is 9.88 Å². The van der Waals surface area contributed by atoms with Gasteiger partial charge in [-0.1, -0.05) is 60.7 Å². The summed E-state index contributed by atoms with van der Waals surface area (Å²) in [6.45, 7) is 0. The van der Waals surface area contributed by atoms with Crippen LogP contribution < -0.4 is 10.6 Å². The van der Waals surface area contributed by atoms with Gasteiger partial charge in [0.15, 0.2) is 0 Å².